The number of halogens is 2. The minimum Gasteiger partial charge on any atom is -0.478 e. The molecule has 0 aliphatic heterocycles. The summed E-state index contributed by atoms with van der Waals surface area (Å²) < 4.78 is 13.9. The van der Waals surface area contributed by atoms with Crippen LogP contribution >= 0.6 is 27.3 Å². The third kappa shape index (κ3) is 3.13. The molecule has 0 radical (unpaired) electrons. The number of benzene rings is 1. The van der Waals surface area contributed by atoms with Gasteiger partial charge in [-0.05, 0) is 47.1 Å². The van der Waals surface area contributed by atoms with Crippen LogP contribution < -0.4 is 5.32 Å². The lowest BCUT2D eigenvalue weighted by Gasteiger charge is -2.09. The minimum atomic E-state index is -1.16. The average molecular weight is 344 g/mol. The van der Waals surface area contributed by atoms with E-state index >= 15 is 0 Å². The number of hydrogen-bond acceptors (Lipinski definition) is 3. The molecule has 0 bridgehead atoms. The predicted molar refractivity (Wildman–Crippen MR) is 77.4 cm³/mol. The fourth-order valence-electron chi connectivity index (χ4n) is 1.61. The summed E-state index contributed by atoms with van der Waals surface area (Å²) >= 11 is 4.60. The van der Waals surface area contributed by atoms with E-state index in [0.29, 0.717) is 6.54 Å². The van der Waals surface area contributed by atoms with Gasteiger partial charge in [-0.2, -0.15) is 0 Å². The van der Waals surface area contributed by atoms with E-state index in [1.807, 2.05) is 19.1 Å². The van der Waals surface area contributed by atoms with Gasteiger partial charge in [-0.3, -0.25) is 0 Å². The number of aryl methyl sites for hydroxylation is 1. The quantitative estimate of drug-likeness (QED) is 0.871. The van der Waals surface area contributed by atoms with Crippen LogP contribution in [0.1, 0.15) is 20.1 Å². The van der Waals surface area contributed by atoms with Crippen molar-refractivity contribution in [1.29, 1.82) is 0 Å². The highest BCUT2D eigenvalue weighted by Gasteiger charge is 2.15. The van der Waals surface area contributed by atoms with Crippen LogP contribution in [-0.2, 0) is 6.54 Å². The molecule has 1 aromatic carbocycles. The largest absolute Gasteiger partial charge is 0.478 e. The molecule has 100 valence electrons. The Balaban J connectivity index is 2.17. The van der Waals surface area contributed by atoms with Crippen molar-refractivity contribution in [2.24, 2.45) is 0 Å². The van der Waals surface area contributed by atoms with Gasteiger partial charge >= 0.3 is 5.97 Å². The summed E-state index contributed by atoms with van der Waals surface area (Å²) in [5.41, 5.74) is 0.193. The first-order valence-electron chi connectivity index (χ1n) is 5.49. The highest BCUT2D eigenvalue weighted by atomic mass is 79.9. The molecule has 0 saturated carbocycles. The van der Waals surface area contributed by atoms with Crippen LogP contribution in [0.3, 0.4) is 0 Å². The number of rotatable bonds is 4. The third-order valence-electron chi connectivity index (χ3n) is 2.56. The van der Waals surface area contributed by atoms with Crippen LogP contribution in [0.15, 0.2) is 28.7 Å². The highest BCUT2D eigenvalue weighted by Crippen LogP contribution is 2.28. The number of carbonyl (C=O) groups is 1. The Bertz CT molecular complexity index is 627. The van der Waals surface area contributed by atoms with Gasteiger partial charge in [0.2, 0.25) is 0 Å². The van der Waals surface area contributed by atoms with Gasteiger partial charge in [-0.1, -0.05) is 0 Å². The number of carboxylic acids is 1. The maximum atomic E-state index is 14.0. The monoisotopic (exact) mass is 343 g/mol. The molecular weight excluding hydrogens is 333 g/mol. The van der Waals surface area contributed by atoms with Crippen LogP contribution in [-0.4, -0.2) is 11.1 Å². The van der Waals surface area contributed by atoms with E-state index in [0.717, 1.165) is 4.88 Å². The molecule has 2 N–H and O–H groups in total. The topological polar surface area (TPSA) is 49.3 Å². The summed E-state index contributed by atoms with van der Waals surface area (Å²) in [6.07, 6.45) is 0. The molecule has 0 spiro atoms. The predicted octanol–water partition coefficient (Wildman–Crippen LogP) is 4.27. The van der Waals surface area contributed by atoms with Crippen LogP contribution in [0.4, 0.5) is 10.1 Å². The first-order chi connectivity index (χ1) is 8.99. The molecule has 6 heteroatoms. The lowest BCUT2D eigenvalue weighted by atomic mass is 10.2. The molecule has 19 heavy (non-hydrogen) atoms. The lowest BCUT2D eigenvalue weighted by molar-refractivity contribution is 0.0695. The highest BCUT2D eigenvalue weighted by molar-refractivity contribution is 9.10. The zero-order valence-corrected chi connectivity index (χ0v) is 12.4. The minimum absolute atomic E-state index is 0.0349. The van der Waals surface area contributed by atoms with Crippen molar-refractivity contribution in [3.63, 3.8) is 0 Å². The van der Waals surface area contributed by atoms with Crippen LogP contribution in [0.2, 0.25) is 0 Å². The summed E-state index contributed by atoms with van der Waals surface area (Å²) in [5, 5.41) is 11.8. The van der Waals surface area contributed by atoms with Gasteiger partial charge in [0.05, 0.1) is 15.7 Å². The molecular formula is C13H11BrFNO2S. The summed E-state index contributed by atoms with van der Waals surface area (Å²) in [4.78, 5) is 13.1. The lowest BCUT2D eigenvalue weighted by Crippen LogP contribution is -2.04. The van der Waals surface area contributed by atoms with E-state index in [2.05, 4.69) is 21.2 Å². The Morgan fingerprint density at radius 1 is 1.42 bits per heavy atom. The fraction of sp³-hybridized carbons (Fsp3) is 0.154. The van der Waals surface area contributed by atoms with E-state index in [-0.39, 0.29) is 15.7 Å². The number of nitrogens with one attached hydrogen (secondary N) is 1. The molecule has 0 unspecified atom stereocenters. The number of aromatic carboxylic acids is 1. The van der Waals surface area contributed by atoms with Crippen molar-refractivity contribution in [2.45, 2.75) is 13.5 Å². The van der Waals surface area contributed by atoms with Crippen molar-refractivity contribution >= 4 is 38.9 Å². The van der Waals surface area contributed by atoms with Crippen molar-refractivity contribution in [2.75, 3.05) is 5.32 Å². The molecule has 1 heterocycles. The second kappa shape index (κ2) is 5.71. The molecule has 3 nitrogen and oxygen atoms in total. The Labute approximate surface area is 122 Å². The van der Waals surface area contributed by atoms with Gasteiger partial charge < -0.3 is 10.4 Å². The molecule has 2 rings (SSSR count). The number of thiophene rings is 1. The van der Waals surface area contributed by atoms with Crippen LogP contribution in [0.5, 0.6) is 0 Å². The fourth-order valence-corrected chi connectivity index (χ4v) is 2.96. The Kier molecular flexibility index (Phi) is 4.21. The first kappa shape index (κ1) is 14.0. The van der Waals surface area contributed by atoms with Gasteiger partial charge in [-0.15, -0.1) is 11.3 Å². The van der Waals surface area contributed by atoms with E-state index in [1.165, 1.54) is 17.0 Å². The first-order valence-corrected chi connectivity index (χ1v) is 7.10. The van der Waals surface area contributed by atoms with E-state index < -0.39 is 11.8 Å². The second-order valence-electron chi connectivity index (χ2n) is 3.96. The van der Waals surface area contributed by atoms with E-state index in [9.17, 15) is 9.18 Å². The average Bonchev–Trinajstić information content (AvgIpc) is 2.76. The molecule has 1 aromatic heterocycles. The van der Waals surface area contributed by atoms with Crippen molar-refractivity contribution in [3.8, 4) is 0 Å². The molecule has 0 aliphatic rings. The zero-order valence-electron chi connectivity index (χ0n) is 10.0. The number of anilines is 1. The van der Waals surface area contributed by atoms with Crippen molar-refractivity contribution in [3.05, 3.63) is 49.9 Å². The summed E-state index contributed by atoms with van der Waals surface area (Å²) in [5.74, 6) is -1.75. The van der Waals surface area contributed by atoms with Gasteiger partial charge in [0.1, 0.15) is 0 Å². The van der Waals surface area contributed by atoms with Crippen molar-refractivity contribution < 1.29 is 14.3 Å². The van der Waals surface area contributed by atoms with E-state index in [1.54, 1.807) is 11.3 Å². The standard InChI is InChI=1S/C13H11BrFNO2S/c1-7-2-3-8(19-7)6-16-10-5-4-9(13(17)18)11(14)12(10)15/h2-5,16H,6H2,1H3,(H,17,18). The number of carboxylic acid groups (broad SMARTS) is 1. The van der Waals surface area contributed by atoms with Crippen molar-refractivity contribution in [1.82, 2.24) is 0 Å². The van der Waals surface area contributed by atoms with Crippen LogP contribution in [0, 0.1) is 12.7 Å². The van der Waals surface area contributed by atoms with Gasteiger partial charge in [0.25, 0.3) is 0 Å². The third-order valence-corrected chi connectivity index (χ3v) is 4.34. The Hall–Kier alpha value is -1.40. The summed E-state index contributed by atoms with van der Waals surface area (Å²) in [6, 6.07) is 6.79. The van der Waals surface area contributed by atoms with Gasteiger partial charge in [0.15, 0.2) is 5.82 Å². The van der Waals surface area contributed by atoms with Gasteiger partial charge in [-0.25, -0.2) is 9.18 Å². The smallest absolute Gasteiger partial charge is 0.336 e. The summed E-state index contributed by atoms with van der Waals surface area (Å²) in [7, 11) is 0. The Morgan fingerprint density at radius 2 is 2.16 bits per heavy atom. The molecule has 0 atom stereocenters. The van der Waals surface area contributed by atoms with E-state index in [4.69, 9.17) is 5.11 Å². The van der Waals surface area contributed by atoms with Crippen LogP contribution in [0.25, 0.3) is 0 Å². The molecule has 0 aliphatic carbocycles. The summed E-state index contributed by atoms with van der Waals surface area (Å²) in [6.45, 7) is 2.52. The molecule has 0 saturated heterocycles. The normalized spacial score (nSPS) is 10.5. The molecule has 0 amide bonds. The molecule has 2 aromatic rings. The SMILES string of the molecule is Cc1ccc(CNc2ccc(C(=O)O)c(Br)c2F)s1. The second-order valence-corrected chi connectivity index (χ2v) is 6.13. The maximum absolute atomic E-state index is 14.0. The molecule has 0 fully saturated rings. The number of hydrogen-bond donors (Lipinski definition) is 2. The maximum Gasteiger partial charge on any atom is 0.336 e. The zero-order chi connectivity index (χ0) is 14.0. The van der Waals surface area contributed by atoms with Gasteiger partial charge in [0, 0.05) is 16.3 Å². The Morgan fingerprint density at radius 3 is 2.74 bits per heavy atom.